The third-order valence-electron chi connectivity index (χ3n) is 3.04. The Hall–Kier alpha value is -2.40. The van der Waals surface area contributed by atoms with Crippen molar-refractivity contribution in [2.45, 2.75) is 6.92 Å². The molecule has 0 bridgehead atoms. The first kappa shape index (κ1) is 12.6. The van der Waals surface area contributed by atoms with Crippen LogP contribution in [-0.2, 0) is 0 Å². The molecule has 2 heterocycles. The molecular formula is C14H11ClN4O. The number of halogens is 1. The maximum atomic E-state index is 12.3. The monoisotopic (exact) mass is 286 g/mol. The molecule has 1 N–H and O–H groups in total. The van der Waals surface area contributed by atoms with Crippen molar-refractivity contribution >= 4 is 28.8 Å². The summed E-state index contributed by atoms with van der Waals surface area (Å²) in [6.45, 7) is 1.86. The molecule has 100 valence electrons. The Morgan fingerprint density at radius 2 is 2.10 bits per heavy atom. The molecule has 2 aromatic heterocycles. The highest BCUT2D eigenvalue weighted by Crippen LogP contribution is 2.23. The third kappa shape index (κ3) is 2.12. The molecule has 6 heteroatoms. The van der Waals surface area contributed by atoms with Gasteiger partial charge in [0.05, 0.1) is 6.20 Å². The molecule has 1 amide bonds. The van der Waals surface area contributed by atoms with Crippen molar-refractivity contribution in [3.8, 4) is 0 Å². The summed E-state index contributed by atoms with van der Waals surface area (Å²) in [6, 6.07) is 8.74. The van der Waals surface area contributed by atoms with E-state index < -0.39 is 0 Å². The van der Waals surface area contributed by atoms with E-state index in [0.717, 1.165) is 5.56 Å². The number of hydrogen-bond donors (Lipinski definition) is 1. The van der Waals surface area contributed by atoms with E-state index in [-0.39, 0.29) is 5.91 Å². The Bertz CT molecular complexity index is 797. The maximum absolute atomic E-state index is 12.3. The second-order valence-corrected chi connectivity index (χ2v) is 4.71. The number of rotatable bonds is 2. The Labute approximate surface area is 120 Å². The van der Waals surface area contributed by atoms with Gasteiger partial charge in [0.15, 0.2) is 5.65 Å². The van der Waals surface area contributed by atoms with Gasteiger partial charge >= 0.3 is 0 Å². The van der Waals surface area contributed by atoms with Crippen molar-refractivity contribution in [2.24, 2.45) is 0 Å². The summed E-state index contributed by atoms with van der Waals surface area (Å²) in [7, 11) is 0. The van der Waals surface area contributed by atoms with Gasteiger partial charge in [0, 0.05) is 23.0 Å². The summed E-state index contributed by atoms with van der Waals surface area (Å²) in [5.41, 5.74) is 2.55. The lowest BCUT2D eigenvalue weighted by atomic mass is 10.2. The van der Waals surface area contributed by atoms with Gasteiger partial charge in [-0.25, -0.2) is 9.50 Å². The average Bonchev–Trinajstić information content (AvgIpc) is 2.92. The lowest BCUT2D eigenvalue weighted by Crippen LogP contribution is -2.17. The zero-order valence-corrected chi connectivity index (χ0v) is 11.4. The van der Waals surface area contributed by atoms with E-state index in [1.54, 1.807) is 42.7 Å². The van der Waals surface area contributed by atoms with Crippen LogP contribution in [0.25, 0.3) is 5.65 Å². The molecule has 3 aromatic rings. The predicted octanol–water partition coefficient (Wildman–Crippen LogP) is 2.94. The van der Waals surface area contributed by atoms with Gasteiger partial charge in [0.25, 0.3) is 5.91 Å². The van der Waals surface area contributed by atoms with Gasteiger partial charge < -0.3 is 5.32 Å². The number of nitrogens with one attached hydrogen (secondary N) is 1. The highest BCUT2D eigenvalue weighted by Gasteiger charge is 2.13. The first-order chi connectivity index (χ1) is 9.66. The van der Waals surface area contributed by atoms with Crippen LogP contribution in [0.3, 0.4) is 0 Å². The molecule has 0 aliphatic heterocycles. The summed E-state index contributed by atoms with van der Waals surface area (Å²) in [5, 5.41) is 7.54. The van der Waals surface area contributed by atoms with Gasteiger partial charge in [0.2, 0.25) is 0 Å². The molecule has 0 radical (unpaired) electrons. The van der Waals surface area contributed by atoms with Crippen molar-refractivity contribution in [2.75, 3.05) is 5.32 Å². The molecule has 0 fully saturated rings. The van der Waals surface area contributed by atoms with E-state index in [1.807, 2.05) is 6.92 Å². The van der Waals surface area contributed by atoms with Gasteiger partial charge in [-0.3, -0.25) is 4.79 Å². The van der Waals surface area contributed by atoms with Gasteiger partial charge in [-0.1, -0.05) is 17.7 Å². The van der Waals surface area contributed by atoms with E-state index >= 15 is 0 Å². The molecule has 0 aliphatic carbocycles. The Morgan fingerprint density at radius 3 is 2.95 bits per heavy atom. The second kappa shape index (κ2) is 4.94. The van der Waals surface area contributed by atoms with Crippen LogP contribution in [0, 0.1) is 6.92 Å². The van der Waals surface area contributed by atoms with Crippen molar-refractivity contribution in [3.05, 3.63) is 59.0 Å². The number of benzene rings is 1. The molecule has 3 rings (SSSR count). The summed E-state index contributed by atoms with van der Waals surface area (Å²) in [6.07, 6.45) is 3.18. The van der Waals surface area contributed by atoms with Gasteiger partial charge in [0.1, 0.15) is 5.69 Å². The van der Waals surface area contributed by atoms with Crippen LogP contribution >= 0.6 is 11.6 Å². The van der Waals surface area contributed by atoms with E-state index in [1.165, 1.54) is 4.52 Å². The third-order valence-corrected chi connectivity index (χ3v) is 3.45. The summed E-state index contributed by atoms with van der Waals surface area (Å²) < 4.78 is 1.50. The van der Waals surface area contributed by atoms with Gasteiger partial charge in [-0.05, 0) is 30.7 Å². The van der Waals surface area contributed by atoms with Gasteiger partial charge in [-0.15, -0.1) is 0 Å². The maximum Gasteiger partial charge on any atom is 0.274 e. The highest BCUT2D eigenvalue weighted by atomic mass is 35.5. The second-order valence-electron chi connectivity index (χ2n) is 4.30. The lowest BCUT2D eigenvalue weighted by molar-refractivity contribution is 0.101. The number of amides is 1. The van der Waals surface area contributed by atoms with Crippen LogP contribution in [0.2, 0.25) is 5.02 Å². The normalized spacial score (nSPS) is 10.7. The fourth-order valence-electron chi connectivity index (χ4n) is 1.94. The van der Waals surface area contributed by atoms with E-state index in [4.69, 9.17) is 11.6 Å². The number of anilines is 1. The number of aromatic nitrogens is 3. The fraction of sp³-hybridized carbons (Fsp3) is 0.0714. The van der Waals surface area contributed by atoms with Crippen molar-refractivity contribution in [1.29, 1.82) is 0 Å². The minimum atomic E-state index is -0.258. The van der Waals surface area contributed by atoms with Crippen LogP contribution < -0.4 is 5.32 Å². The predicted molar refractivity (Wildman–Crippen MR) is 77.1 cm³/mol. The topological polar surface area (TPSA) is 59.3 Å². The number of nitrogens with zero attached hydrogens (tertiary/aromatic N) is 3. The molecule has 20 heavy (non-hydrogen) atoms. The SMILES string of the molecule is Cc1c(Cl)cccc1NC(=O)c1ccnc2ccnn12. The molecule has 1 aromatic carbocycles. The lowest BCUT2D eigenvalue weighted by Gasteiger charge is -2.10. The number of hydrogen-bond acceptors (Lipinski definition) is 3. The molecule has 0 spiro atoms. The van der Waals surface area contributed by atoms with Crippen molar-refractivity contribution < 1.29 is 4.79 Å². The van der Waals surface area contributed by atoms with Crippen LogP contribution in [0.1, 0.15) is 16.1 Å². The van der Waals surface area contributed by atoms with Gasteiger partial charge in [-0.2, -0.15) is 5.10 Å². The standard InChI is InChI=1S/C14H11ClN4O/c1-9-10(15)3-2-4-11(9)18-14(20)12-5-7-16-13-6-8-17-19(12)13/h2-8H,1H3,(H,18,20). The van der Waals surface area contributed by atoms with Crippen molar-refractivity contribution in [1.82, 2.24) is 14.6 Å². The quantitative estimate of drug-likeness (QED) is 0.788. The Balaban J connectivity index is 1.97. The first-order valence-corrected chi connectivity index (χ1v) is 6.40. The molecule has 5 nitrogen and oxygen atoms in total. The van der Waals surface area contributed by atoms with E-state index in [2.05, 4.69) is 15.4 Å². The summed E-state index contributed by atoms with van der Waals surface area (Å²) in [4.78, 5) is 16.5. The molecule has 0 aliphatic rings. The largest absolute Gasteiger partial charge is 0.320 e. The molecular weight excluding hydrogens is 276 g/mol. The molecule has 0 atom stereocenters. The zero-order valence-electron chi connectivity index (χ0n) is 10.7. The first-order valence-electron chi connectivity index (χ1n) is 6.02. The minimum Gasteiger partial charge on any atom is -0.320 e. The molecule has 0 saturated heterocycles. The number of carbonyl (C=O) groups excluding carboxylic acids is 1. The average molecular weight is 287 g/mol. The Morgan fingerprint density at radius 1 is 1.25 bits per heavy atom. The van der Waals surface area contributed by atoms with Crippen LogP contribution in [0.5, 0.6) is 0 Å². The smallest absolute Gasteiger partial charge is 0.274 e. The fourth-order valence-corrected chi connectivity index (χ4v) is 2.11. The minimum absolute atomic E-state index is 0.258. The van der Waals surface area contributed by atoms with E-state index in [0.29, 0.717) is 22.1 Å². The number of fused-ring (bicyclic) bond motifs is 1. The van der Waals surface area contributed by atoms with Crippen molar-refractivity contribution in [3.63, 3.8) is 0 Å². The number of carbonyl (C=O) groups is 1. The summed E-state index contributed by atoms with van der Waals surface area (Å²) >= 11 is 6.04. The Kier molecular flexibility index (Phi) is 3.12. The van der Waals surface area contributed by atoms with Crippen LogP contribution in [0.15, 0.2) is 42.7 Å². The summed E-state index contributed by atoms with van der Waals surface area (Å²) in [5.74, 6) is -0.258. The van der Waals surface area contributed by atoms with Crippen LogP contribution in [-0.4, -0.2) is 20.5 Å². The molecule has 0 saturated carbocycles. The van der Waals surface area contributed by atoms with E-state index in [9.17, 15) is 4.79 Å². The highest BCUT2D eigenvalue weighted by molar-refractivity contribution is 6.31. The zero-order chi connectivity index (χ0) is 14.1. The molecule has 0 unspecified atom stereocenters. The van der Waals surface area contributed by atoms with Crippen LogP contribution in [0.4, 0.5) is 5.69 Å².